The number of carbonyl (C=O) groups excluding carboxylic acids is 1. The van der Waals surface area contributed by atoms with E-state index in [2.05, 4.69) is 25.7 Å². The number of carbonyl (C=O) groups is 1. The average Bonchev–Trinajstić information content (AvgIpc) is 2.62. The fourth-order valence-corrected chi connectivity index (χ4v) is 2.89. The number of hydrogen-bond acceptors (Lipinski definition) is 2. The zero-order chi connectivity index (χ0) is 15.4. The van der Waals surface area contributed by atoms with E-state index in [4.69, 9.17) is 0 Å². The van der Waals surface area contributed by atoms with Crippen LogP contribution < -0.4 is 0 Å². The Labute approximate surface area is 126 Å². The summed E-state index contributed by atoms with van der Waals surface area (Å²) in [6.45, 7) is 9.75. The molecule has 0 saturated carbocycles. The lowest BCUT2D eigenvalue weighted by Gasteiger charge is -2.34. The predicted octanol–water partition coefficient (Wildman–Crippen LogP) is 2.90. The molecule has 0 aliphatic carbocycles. The molecule has 0 aromatic heterocycles. The molecule has 0 spiro atoms. The Hall–Kier alpha value is -1.42. The predicted molar refractivity (Wildman–Crippen MR) is 82.3 cm³/mol. The molecular weight excluding hydrogens is 267 g/mol. The van der Waals surface area contributed by atoms with Gasteiger partial charge in [-0.1, -0.05) is 32.9 Å². The van der Waals surface area contributed by atoms with Gasteiger partial charge in [0.25, 0.3) is 0 Å². The molecule has 1 aromatic rings. The van der Waals surface area contributed by atoms with Gasteiger partial charge in [0.15, 0.2) is 0 Å². The van der Waals surface area contributed by atoms with Crippen molar-refractivity contribution in [3.8, 4) is 0 Å². The Kier molecular flexibility index (Phi) is 5.34. The molecule has 4 heteroatoms. The number of rotatable bonds is 4. The Morgan fingerprint density at radius 3 is 2.52 bits per heavy atom. The number of likely N-dealkylation sites (N-methyl/N-ethyl adjacent to an activating group) is 1. The van der Waals surface area contributed by atoms with Crippen molar-refractivity contribution >= 4 is 5.91 Å². The van der Waals surface area contributed by atoms with Gasteiger partial charge in [-0.15, -0.1) is 0 Å². The molecule has 1 atom stereocenters. The minimum absolute atomic E-state index is 0.203. The smallest absolute Gasteiger partial charge is 0.224 e. The van der Waals surface area contributed by atoms with Crippen molar-refractivity contribution in [1.29, 1.82) is 0 Å². The minimum Gasteiger partial charge on any atom is -0.334 e. The van der Waals surface area contributed by atoms with Crippen molar-refractivity contribution < 1.29 is 9.18 Å². The van der Waals surface area contributed by atoms with Crippen LogP contribution in [0.5, 0.6) is 0 Å². The standard InChI is InChI=1S/C17H25FN2O/c1-4-19-10-9-17(21)20(16(12-19)13(2)3)11-14-5-7-15(18)8-6-14/h5-8,13,16H,4,9-12H2,1-3H3/t16-/m1/s1. The molecule has 1 fully saturated rings. The lowest BCUT2D eigenvalue weighted by atomic mass is 10.0. The van der Waals surface area contributed by atoms with Gasteiger partial charge in [0.05, 0.1) is 0 Å². The largest absolute Gasteiger partial charge is 0.334 e. The summed E-state index contributed by atoms with van der Waals surface area (Å²) in [5.41, 5.74) is 0.986. The first-order valence-corrected chi connectivity index (χ1v) is 7.77. The lowest BCUT2D eigenvalue weighted by molar-refractivity contribution is -0.134. The molecular formula is C17H25FN2O. The van der Waals surface area contributed by atoms with Crippen molar-refractivity contribution in [2.24, 2.45) is 5.92 Å². The first-order chi connectivity index (χ1) is 10.0. The second-order valence-corrected chi connectivity index (χ2v) is 6.10. The summed E-state index contributed by atoms with van der Waals surface area (Å²) < 4.78 is 13.0. The topological polar surface area (TPSA) is 23.6 Å². The normalized spacial score (nSPS) is 20.9. The number of nitrogens with zero attached hydrogens (tertiary/aromatic N) is 2. The van der Waals surface area contributed by atoms with E-state index < -0.39 is 0 Å². The van der Waals surface area contributed by atoms with Gasteiger partial charge in [-0.2, -0.15) is 0 Å². The van der Waals surface area contributed by atoms with Gasteiger partial charge in [0.1, 0.15) is 5.82 Å². The first-order valence-electron chi connectivity index (χ1n) is 7.77. The highest BCUT2D eigenvalue weighted by Crippen LogP contribution is 2.20. The number of hydrogen-bond donors (Lipinski definition) is 0. The maximum atomic E-state index is 13.0. The SMILES string of the molecule is CCN1CCC(=O)N(Cc2ccc(F)cc2)[C@@H](C(C)C)C1. The highest BCUT2D eigenvalue weighted by atomic mass is 19.1. The van der Waals surface area contributed by atoms with Crippen molar-refractivity contribution in [2.45, 2.75) is 39.8 Å². The van der Waals surface area contributed by atoms with Crippen LogP contribution in [0.3, 0.4) is 0 Å². The van der Waals surface area contributed by atoms with E-state index >= 15 is 0 Å². The van der Waals surface area contributed by atoms with Gasteiger partial charge >= 0.3 is 0 Å². The molecule has 21 heavy (non-hydrogen) atoms. The Balaban J connectivity index is 2.19. The van der Waals surface area contributed by atoms with E-state index in [9.17, 15) is 9.18 Å². The molecule has 1 saturated heterocycles. The van der Waals surface area contributed by atoms with Crippen LogP contribution in [0.15, 0.2) is 24.3 Å². The summed E-state index contributed by atoms with van der Waals surface area (Å²) in [7, 11) is 0. The van der Waals surface area contributed by atoms with Gasteiger partial charge < -0.3 is 9.80 Å². The minimum atomic E-state index is -0.237. The van der Waals surface area contributed by atoms with Crippen molar-refractivity contribution in [2.75, 3.05) is 19.6 Å². The Morgan fingerprint density at radius 1 is 1.29 bits per heavy atom. The first kappa shape index (κ1) is 16.0. The molecule has 116 valence electrons. The quantitative estimate of drug-likeness (QED) is 0.852. The summed E-state index contributed by atoms with van der Waals surface area (Å²) in [4.78, 5) is 16.8. The third-order valence-corrected chi connectivity index (χ3v) is 4.29. The van der Waals surface area contributed by atoms with Crippen LogP contribution in [-0.2, 0) is 11.3 Å². The van der Waals surface area contributed by atoms with E-state index in [1.165, 1.54) is 12.1 Å². The molecule has 1 aromatic carbocycles. The molecule has 0 unspecified atom stereocenters. The second kappa shape index (κ2) is 7.03. The van der Waals surface area contributed by atoms with Gasteiger partial charge in [0, 0.05) is 32.1 Å². The molecule has 1 aliphatic heterocycles. The fraction of sp³-hybridized carbons (Fsp3) is 0.588. The maximum Gasteiger partial charge on any atom is 0.224 e. The van der Waals surface area contributed by atoms with Gasteiger partial charge in [-0.25, -0.2) is 4.39 Å². The molecule has 3 nitrogen and oxygen atoms in total. The van der Waals surface area contributed by atoms with E-state index in [1.54, 1.807) is 12.1 Å². The van der Waals surface area contributed by atoms with E-state index in [-0.39, 0.29) is 17.8 Å². The molecule has 0 radical (unpaired) electrons. The average molecular weight is 292 g/mol. The summed E-state index contributed by atoms with van der Waals surface area (Å²) in [5, 5.41) is 0. The van der Waals surface area contributed by atoms with Crippen LogP contribution in [0.25, 0.3) is 0 Å². The van der Waals surface area contributed by atoms with Crippen LogP contribution in [0, 0.1) is 11.7 Å². The molecule has 0 N–H and O–H groups in total. The number of amides is 1. The molecule has 1 amide bonds. The lowest BCUT2D eigenvalue weighted by Crippen LogP contribution is -2.45. The molecule has 2 rings (SSSR count). The maximum absolute atomic E-state index is 13.0. The van der Waals surface area contributed by atoms with Crippen LogP contribution in [-0.4, -0.2) is 41.4 Å². The zero-order valence-corrected chi connectivity index (χ0v) is 13.2. The van der Waals surface area contributed by atoms with Crippen molar-refractivity contribution in [3.63, 3.8) is 0 Å². The molecule has 0 bridgehead atoms. The summed E-state index contributed by atoms with van der Waals surface area (Å²) in [6.07, 6.45) is 0.568. The third kappa shape index (κ3) is 4.03. The van der Waals surface area contributed by atoms with E-state index in [0.29, 0.717) is 18.9 Å². The van der Waals surface area contributed by atoms with E-state index in [0.717, 1.165) is 25.2 Å². The number of halogens is 1. The van der Waals surface area contributed by atoms with Crippen LogP contribution in [0.4, 0.5) is 4.39 Å². The number of benzene rings is 1. The van der Waals surface area contributed by atoms with Gasteiger partial charge in [-0.3, -0.25) is 4.79 Å². The van der Waals surface area contributed by atoms with Crippen molar-refractivity contribution in [3.05, 3.63) is 35.6 Å². The van der Waals surface area contributed by atoms with E-state index in [1.807, 2.05) is 4.90 Å². The zero-order valence-electron chi connectivity index (χ0n) is 13.2. The van der Waals surface area contributed by atoms with Crippen LogP contribution in [0.2, 0.25) is 0 Å². The Morgan fingerprint density at radius 2 is 1.95 bits per heavy atom. The fourth-order valence-electron chi connectivity index (χ4n) is 2.89. The summed E-state index contributed by atoms with van der Waals surface area (Å²) in [5.74, 6) is 0.369. The summed E-state index contributed by atoms with van der Waals surface area (Å²) >= 11 is 0. The van der Waals surface area contributed by atoms with Crippen LogP contribution >= 0.6 is 0 Å². The summed E-state index contributed by atoms with van der Waals surface area (Å²) in [6, 6.07) is 6.66. The van der Waals surface area contributed by atoms with Crippen molar-refractivity contribution in [1.82, 2.24) is 9.80 Å². The Bertz CT molecular complexity index is 472. The monoisotopic (exact) mass is 292 g/mol. The highest BCUT2D eigenvalue weighted by Gasteiger charge is 2.31. The van der Waals surface area contributed by atoms with Crippen LogP contribution in [0.1, 0.15) is 32.8 Å². The third-order valence-electron chi connectivity index (χ3n) is 4.29. The highest BCUT2D eigenvalue weighted by molar-refractivity contribution is 5.77. The molecule has 1 heterocycles. The molecule has 1 aliphatic rings. The van der Waals surface area contributed by atoms with Gasteiger partial charge in [-0.05, 0) is 30.2 Å². The second-order valence-electron chi connectivity index (χ2n) is 6.10. The van der Waals surface area contributed by atoms with Gasteiger partial charge in [0.2, 0.25) is 5.91 Å².